The molecule has 33 heavy (non-hydrogen) atoms. The summed E-state index contributed by atoms with van der Waals surface area (Å²) in [6.45, 7) is 4.87. The zero-order chi connectivity index (χ0) is 23.8. The van der Waals surface area contributed by atoms with Crippen molar-refractivity contribution >= 4 is 29.6 Å². The fourth-order valence-corrected chi connectivity index (χ4v) is 3.95. The third-order valence-electron chi connectivity index (χ3n) is 5.41. The van der Waals surface area contributed by atoms with E-state index in [1.54, 1.807) is 47.1 Å². The summed E-state index contributed by atoms with van der Waals surface area (Å²) in [5.74, 6) is 0.898. The molecule has 1 saturated heterocycles. The predicted octanol–water partition coefficient (Wildman–Crippen LogP) is 4.16. The zero-order valence-electron chi connectivity index (χ0n) is 19.3. The van der Waals surface area contributed by atoms with Crippen molar-refractivity contribution in [3.05, 3.63) is 64.7 Å². The lowest BCUT2D eigenvalue weighted by molar-refractivity contribution is -0.127. The van der Waals surface area contributed by atoms with Crippen molar-refractivity contribution in [3.8, 4) is 11.5 Å². The molecule has 1 fully saturated rings. The van der Waals surface area contributed by atoms with E-state index in [9.17, 15) is 9.59 Å². The van der Waals surface area contributed by atoms with E-state index in [1.165, 1.54) is 6.08 Å². The minimum Gasteiger partial charge on any atom is -0.493 e. The van der Waals surface area contributed by atoms with E-state index < -0.39 is 0 Å². The van der Waals surface area contributed by atoms with Crippen LogP contribution < -0.4 is 9.47 Å². The quantitative estimate of drug-likeness (QED) is 0.569. The molecule has 1 aliphatic heterocycles. The molecule has 8 heteroatoms. The molecule has 1 heterocycles. The van der Waals surface area contributed by atoms with Gasteiger partial charge in [-0.1, -0.05) is 41.9 Å². The van der Waals surface area contributed by atoms with Crippen LogP contribution in [-0.2, 0) is 11.3 Å². The van der Waals surface area contributed by atoms with Gasteiger partial charge in [0, 0.05) is 45.8 Å². The second-order valence-electron chi connectivity index (χ2n) is 7.74. The number of carbonyl (C=O) groups excluding carboxylic acids is 2. The molecule has 3 rings (SSSR count). The Morgan fingerprint density at radius 3 is 2.39 bits per heavy atom. The van der Waals surface area contributed by atoms with Crippen molar-refractivity contribution in [1.29, 1.82) is 0 Å². The standard InChI is InChI=1S/C25H30ClN3O4/c1-4-33-24-21(26)16-20(17-22(24)32-3)10-11-23(30)28-12-14-29(15-13-28)25(31)27(2)18-19-8-6-5-7-9-19/h5-11,16-17H,4,12-15,18H2,1-3H3. The number of hydrogen-bond donors (Lipinski definition) is 0. The number of rotatable bonds is 7. The number of benzene rings is 2. The van der Waals surface area contributed by atoms with Crippen molar-refractivity contribution in [2.24, 2.45) is 0 Å². The molecule has 176 valence electrons. The third kappa shape index (κ3) is 6.42. The first-order valence-corrected chi connectivity index (χ1v) is 11.3. The highest BCUT2D eigenvalue weighted by atomic mass is 35.5. The Hall–Kier alpha value is -3.19. The molecule has 0 radical (unpaired) electrons. The van der Waals surface area contributed by atoms with Crippen LogP contribution in [0, 0.1) is 0 Å². The summed E-state index contributed by atoms with van der Waals surface area (Å²) in [6, 6.07) is 13.4. The highest BCUT2D eigenvalue weighted by Crippen LogP contribution is 2.36. The van der Waals surface area contributed by atoms with Gasteiger partial charge in [0.1, 0.15) is 0 Å². The molecule has 7 nitrogen and oxygen atoms in total. The minimum absolute atomic E-state index is 0.0300. The number of methoxy groups -OCH3 is 1. The van der Waals surface area contributed by atoms with E-state index >= 15 is 0 Å². The molecule has 2 aromatic rings. The van der Waals surface area contributed by atoms with Crippen LogP contribution in [0.3, 0.4) is 0 Å². The maximum absolute atomic E-state index is 12.8. The normalized spacial score (nSPS) is 13.8. The van der Waals surface area contributed by atoms with E-state index in [-0.39, 0.29) is 11.9 Å². The second-order valence-corrected chi connectivity index (χ2v) is 8.14. The molecule has 0 aliphatic carbocycles. The number of urea groups is 1. The average molecular weight is 472 g/mol. The fourth-order valence-electron chi connectivity index (χ4n) is 3.68. The average Bonchev–Trinajstić information content (AvgIpc) is 2.84. The lowest BCUT2D eigenvalue weighted by Crippen LogP contribution is -2.53. The molecule has 2 aromatic carbocycles. The number of hydrogen-bond acceptors (Lipinski definition) is 4. The number of nitrogens with zero attached hydrogens (tertiary/aromatic N) is 3. The van der Waals surface area contributed by atoms with Gasteiger partial charge in [-0.3, -0.25) is 4.79 Å². The van der Waals surface area contributed by atoms with Gasteiger partial charge in [-0.15, -0.1) is 0 Å². The first-order valence-electron chi connectivity index (χ1n) is 10.9. The Morgan fingerprint density at radius 2 is 1.76 bits per heavy atom. The molecule has 0 N–H and O–H groups in total. The number of ether oxygens (including phenoxy) is 2. The molecular formula is C25H30ClN3O4. The lowest BCUT2D eigenvalue weighted by Gasteiger charge is -2.36. The van der Waals surface area contributed by atoms with Gasteiger partial charge in [0.25, 0.3) is 0 Å². The number of carbonyl (C=O) groups is 2. The summed E-state index contributed by atoms with van der Waals surface area (Å²) >= 11 is 6.30. The molecule has 0 unspecified atom stereocenters. The van der Waals surface area contributed by atoms with Gasteiger partial charge < -0.3 is 24.2 Å². The summed E-state index contributed by atoms with van der Waals surface area (Å²) in [6.07, 6.45) is 3.22. The van der Waals surface area contributed by atoms with Crippen LogP contribution >= 0.6 is 11.6 Å². The molecule has 1 aliphatic rings. The van der Waals surface area contributed by atoms with E-state index in [0.717, 1.165) is 11.1 Å². The van der Waals surface area contributed by atoms with E-state index in [1.807, 2.05) is 37.3 Å². The SMILES string of the molecule is CCOc1c(Cl)cc(C=CC(=O)N2CCN(C(=O)N(C)Cc3ccccc3)CC2)cc1OC. The third-order valence-corrected chi connectivity index (χ3v) is 5.69. The number of amides is 3. The van der Waals surface area contributed by atoms with Crippen molar-refractivity contribution in [2.45, 2.75) is 13.5 Å². The molecule has 0 saturated carbocycles. The second kappa shape index (κ2) is 11.6. The molecule has 0 aromatic heterocycles. The van der Waals surface area contributed by atoms with Crippen molar-refractivity contribution < 1.29 is 19.1 Å². The lowest BCUT2D eigenvalue weighted by atomic mass is 10.1. The number of halogens is 1. The van der Waals surface area contributed by atoms with Crippen LogP contribution in [0.15, 0.2) is 48.5 Å². The van der Waals surface area contributed by atoms with Crippen molar-refractivity contribution in [1.82, 2.24) is 14.7 Å². The van der Waals surface area contributed by atoms with Crippen molar-refractivity contribution in [3.63, 3.8) is 0 Å². The smallest absolute Gasteiger partial charge is 0.320 e. The van der Waals surface area contributed by atoms with Gasteiger partial charge in [0.05, 0.1) is 18.7 Å². The van der Waals surface area contributed by atoms with Gasteiger partial charge in [-0.05, 0) is 36.3 Å². The Kier molecular flexibility index (Phi) is 8.60. The first kappa shape index (κ1) is 24.5. The van der Waals surface area contributed by atoms with Gasteiger partial charge in [-0.25, -0.2) is 4.79 Å². The Bertz CT molecular complexity index is 989. The summed E-state index contributed by atoms with van der Waals surface area (Å²) < 4.78 is 10.9. The van der Waals surface area contributed by atoms with E-state index in [4.69, 9.17) is 21.1 Å². The van der Waals surface area contributed by atoms with Crippen LogP contribution in [0.4, 0.5) is 4.79 Å². The summed E-state index contributed by atoms with van der Waals surface area (Å²) in [5, 5.41) is 0.426. The van der Waals surface area contributed by atoms with Crippen LogP contribution in [0.1, 0.15) is 18.1 Å². The van der Waals surface area contributed by atoms with Crippen LogP contribution in [0.2, 0.25) is 5.02 Å². The Balaban J connectivity index is 1.54. The molecule has 0 spiro atoms. The minimum atomic E-state index is -0.108. The van der Waals surface area contributed by atoms with Gasteiger partial charge >= 0.3 is 6.03 Å². The maximum atomic E-state index is 12.8. The molecule has 3 amide bonds. The van der Waals surface area contributed by atoms with Crippen LogP contribution in [0.5, 0.6) is 11.5 Å². The van der Waals surface area contributed by atoms with Crippen molar-refractivity contribution in [2.75, 3.05) is 46.9 Å². The van der Waals surface area contributed by atoms with Crippen LogP contribution in [0.25, 0.3) is 6.08 Å². The topological polar surface area (TPSA) is 62.3 Å². The Labute approximate surface area is 200 Å². The predicted molar refractivity (Wildman–Crippen MR) is 130 cm³/mol. The summed E-state index contributed by atoms with van der Waals surface area (Å²) in [4.78, 5) is 30.7. The molecular weight excluding hydrogens is 442 g/mol. The van der Waals surface area contributed by atoms with E-state index in [0.29, 0.717) is 55.9 Å². The van der Waals surface area contributed by atoms with Crippen LogP contribution in [-0.4, -0.2) is 73.6 Å². The summed E-state index contributed by atoms with van der Waals surface area (Å²) in [7, 11) is 3.34. The monoisotopic (exact) mass is 471 g/mol. The highest BCUT2D eigenvalue weighted by molar-refractivity contribution is 6.32. The molecule has 0 atom stereocenters. The maximum Gasteiger partial charge on any atom is 0.320 e. The molecule has 0 bridgehead atoms. The first-order chi connectivity index (χ1) is 15.9. The van der Waals surface area contributed by atoms with E-state index in [2.05, 4.69) is 0 Å². The van der Waals surface area contributed by atoms with Gasteiger partial charge in [-0.2, -0.15) is 0 Å². The largest absolute Gasteiger partial charge is 0.493 e. The van der Waals surface area contributed by atoms with Gasteiger partial charge in [0.2, 0.25) is 5.91 Å². The summed E-state index contributed by atoms with van der Waals surface area (Å²) in [5.41, 5.74) is 1.82. The Morgan fingerprint density at radius 1 is 1.09 bits per heavy atom. The highest BCUT2D eigenvalue weighted by Gasteiger charge is 2.25. The fraction of sp³-hybridized carbons (Fsp3) is 0.360. The zero-order valence-corrected chi connectivity index (χ0v) is 20.0. The number of piperazine rings is 1. The van der Waals surface area contributed by atoms with Gasteiger partial charge in [0.15, 0.2) is 11.5 Å².